The number of nitro groups is 1. The third-order valence-corrected chi connectivity index (χ3v) is 8.13. The summed E-state index contributed by atoms with van der Waals surface area (Å²) in [5.41, 5.74) is 7.59. The van der Waals surface area contributed by atoms with Crippen LogP contribution in [0.2, 0.25) is 0 Å². The Morgan fingerprint density at radius 3 is 2.27 bits per heavy atom. The maximum Gasteiger partial charge on any atom is 0.318 e. The van der Waals surface area contributed by atoms with Gasteiger partial charge in [-0.2, -0.15) is 0 Å². The standard InChI is InChI=1S/C29H31N5O6S/c1-5-31-29(38)33-25(19-7-6-8-21(14-19)34(39)40)24(27(36)22-13-15(2)41-16(22)3)23(26(33)28(30)37)18-9-11-20(12-10-18)32-17(4)35/h6-14,23-26H,5H2,1-4H3,(H2,30,37)(H,31,38)(H,32,35). The number of anilines is 1. The lowest BCUT2D eigenvalue weighted by Gasteiger charge is -2.30. The minimum absolute atomic E-state index is 0.217. The predicted octanol–water partition coefficient (Wildman–Crippen LogP) is 4.45. The van der Waals surface area contributed by atoms with E-state index in [1.165, 1.54) is 41.4 Å². The van der Waals surface area contributed by atoms with Crippen molar-refractivity contribution in [2.45, 2.75) is 45.7 Å². The van der Waals surface area contributed by atoms with Crippen molar-refractivity contribution in [2.24, 2.45) is 11.7 Å². The highest BCUT2D eigenvalue weighted by Crippen LogP contribution is 2.52. The van der Waals surface area contributed by atoms with E-state index in [1.54, 1.807) is 43.3 Å². The molecule has 1 fully saturated rings. The SMILES string of the molecule is CCNC(=O)N1C(C(N)=O)C(c2ccc(NC(C)=O)cc2)C(C(=O)c2cc(C)sc2C)C1c1cccc([N+](=O)[O-])c1. The number of urea groups is 1. The number of nitrogens with two attached hydrogens (primary N) is 1. The number of carbonyl (C=O) groups is 4. The monoisotopic (exact) mass is 577 g/mol. The highest BCUT2D eigenvalue weighted by Gasteiger charge is 2.57. The van der Waals surface area contributed by atoms with Crippen LogP contribution < -0.4 is 16.4 Å². The minimum atomic E-state index is -1.26. The molecule has 4 unspecified atom stereocenters. The van der Waals surface area contributed by atoms with E-state index in [0.717, 1.165) is 9.75 Å². The van der Waals surface area contributed by atoms with Gasteiger partial charge in [0.2, 0.25) is 11.8 Å². The number of amides is 4. The number of aryl methyl sites for hydroxylation is 2. The van der Waals surface area contributed by atoms with Gasteiger partial charge in [-0.1, -0.05) is 24.3 Å². The van der Waals surface area contributed by atoms with Crippen LogP contribution in [0.1, 0.15) is 57.0 Å². The highest BCUT2D eigenvalue weighted by molar-refractivity contribution is 7.12. The summed E-state index contributed by atoms with van der Waals surface area (Å²) in [6, 6.07) is 11.2. The van der Waals surface area contributed by atoms with Gasteiger partial charge in [-0.15, -0.1) is 11.3 Å². The summed E-state index contributed by atoms with van der Waals surface area (Å²) in [4.78, 5) is 66.9. The first-order valence-corrected chi connectivity index (χ1v) is 13.8. The van der Waals surface area contributed by atoms with Gasteiger partial charge in [0.05, 0.1) is 16.9 Å². The molecule has 41 heavy (non-hydrogen) atoms. The summed E-state index contributed by atoms with van der Waals surface area (Å²) < 4.78 is 0. The first-order chi connectivity index (χ1) is 19.4. The number of primary amides is 1. The van der Waals surface area contributed by atoms with Gasteiger partial charge in [0.1, 0.15) is 6.04 Å². The van der Waals surface area contributed by atoms with Crippen molar-refractivity contribution in [3.8, 4) is 0 Å². The predicted molar refractivity (Wildman–Crippen MR) is 155 cm³/mol. The van der Waals surface area contributed by atoms with Crippen LogP contribution in [-0.4, -0.2) is 46.0 Å². The number of benzene rings is 2. The molecule has 0 spiro atoms. The summed E-state index contributed by atoms with van der Waals surface area (Å²) in [6.07, 6.45) is 0. The Bertz CT molecular complexity index is 1520. The lowest BCUT2D eigenvalue weighted by molar-refractivity contribution is -0.385. The van der Waals surface area contributed by atoms with Crippen molar-refractivity contribution in [1.82, 2.24) is 10.2 Å². The van der Waals surface area contributed by atoms with Gasteiger partial charge in [-0.3, -0.25) is 24.5 Å². The molecule has 0 radical (unpaired) electrons. The normalized spacial score (nSPS) is 20.0. The molecule has 4 rings (SSSR count). The molecule has 4 N–H and O–H groups in total. The molecule has 12 heteroatoms. The van der Waals surface area contributed by atoms with E-state index in [9.17, 15) is 29.3 Å². The van der Waals surface area contributed by atoms with Crippen LogP contribution in [0.4, 0.5) is 16.2 Å². The number of rotatable bonds is 8. The lowest BCUT2D eigenvalue weighted by Crippen LogP contribution is -2.50. The van der Waals surface area contributed by atoms with Crippen molar-refractivity contribution < 1.29 is 24.1 Å². The summed E-state index contributed by atoms with van der Waals surface area (Å²) in [5.74, 6) is -3.30. The van der Waals surface area contributed by atoms with Crippen LogP contribution in [0.3, 0.4) is 0 Å². The van der Waals surface area contributed by atoms with E-state index in [2.05, 4.69) is 10.6 Å². The molecule has 214 valence electrons. The van der Waals surface area contributed by atoms with Crippen molar-refractivity contribution in [2.75, 3.05) is 11.9 Å². The Labute approximate surface area is 240 Å². The quantitative estimate of drug-likeness (QED) is 0.203. The summed E-state index contributed by atoms with van der Waals surface area (Å²) in [5, 5.41) is 17.1. The van der Waals surface area contributed by atoms with Gasteiger partial charge in [0.25, 0.3) is 5.69 Å². The van der Waals surface area contributed by atoms with Crippen LogP contribution in [0.25, 0.3) is 0 Å². The van der Waals surface area contributed by atoms with E-state index >= 15 is 0 Å². The average molecular weight is 578 g/mol. The first-order valence-electron chi connectivity index (χ1n) is 13.0. The topological polar surface area (TPSA) is 165 Å². The summed E-state index contributed by atoms with van der Waals surface area (Å²) >= 11 is 1.45. The Kier molecular flexibility index (Phi) is 8.52. The van der Waals surface area contributed by atoms with Gasteiger partial charge in [0, 0.05) is 52.5 Å². The molecule has 4 amide bonds. The van der Waals surface area contributed by atoms with Gasteiger partial charge in [-0.25, -0.2) is 4.79 Å². The number of thiophene rings is 1. The first kappa shape index (κ1) is 29.4. The summed E-state index contributed by atoms with van der Waals surface area (Å²) in [6.45, 7) is 7.04. The van der Waals surface area contributed by atoms with Gasteiger partial charge < -0.3 is 21.3 Å². The fourth-order valence-corrected chi connectivity index (χ4v) is 6.58. The third-order valence-electron chi connectivity index (χ3n) is 7.17. The van der Waals surface area contributed by atoms with Crippen molar-refractivity contribution in [1.29, 1.82) is 0 Å². The molecule has 0 saturated carbocycles. The smallest absolute Gasteiger partial charge is 0.318 e. The molecule has 0 bridgehead atoms. The zero-order valence-corrected chi connectivity index (χ0v) is 23.9. The van der Waals surface area contributed by atoms with Crippen molar-refractivity contribution >= 4 is 46.3 Å². The maximum atomic E-state index is 14.5. The number of carbonyl (C=O) groups excluding carboxylic acids is 4. The number of ketones is 1. The van der Waals surface area contributed by atoms with E-state index in [0.29, 0.717) is 22.4 Å². The number of nitro benzene ring substituents is 1. The number of hydrogen-bond donors (Lipinski definition) is 3. The minimum Gasteiger partial charge on any atom is -0.368 e. The van der Waals surface area contributed by atoms with Crippen LogP contribution in [0.5, 0.6) is 0 Å². The molecule has 0 aliphatic carbocycles. The molecule has 1 saturated heterocycles. The number of hydrogen-bond acceptors (Lipinski definition) is 7. The van der Waals surface area contributed by atoms with Crippen LogP contribution >= 0.6 is 11.3 Å². The molecule has 2 heterocycles. The zero-order valence-electron chi connectivity index (χ0n) is 23.0. The molecule has 1 aromatic heterocycles. The van der Waals surface area contributed by atoms with Crippen molar-refractivity contribution in [3.05, 3.63) is 91.2 Å². The van der Waals surface area contributed by atoms with E-state index in [1.807, 2.05) is 13.8 Å². The molecule has 1 aliphatic rings. The number of nitrogens with one attached hydrogen (secondary N) is 2. The second-order valence-electron chi connectivity index (χ2n) is 9.93. The van der Waals surface area contributed by atoms with E-state index < -0.39 is 40.8 Å². The second kappa shape index (κ2) is 11.9. The Hall–Kier alpha value is -4.58. The fraction of sp³-hybridized carbons (Fsp3) is 0.310. The van der Waals surface area contributed by atoms with E-state index in [-0.39, 0.29) is 23.9 Å². The largest absolute Gasteiger partial charge is 0.368 e. The molecule has 4 atom stereocenters. The maximum absolute atomic E-state index is 14.5. The zero-order chi connectivity index (χ0) is 30.0. The molecule has 2 aromatic carbocycles. The number of Topliss-reactive ketones (excluding diaryl/α,β-unsaturated/α-hetero) is 1. The molecular formula is C29H31N5O6S. The molecule has 3 aromatic rings. The van der Waals surface area contributed by atoms with Gasteiger partial charge >= 0.3 is 6.03 Å². The Morgan fingerprint density at radius 1 is 1.05 bits per heavy atom. The average Bonchev–Trinajstić information content (AvgIpc) is 3.45. The fourth-order valence-electron chi connectivity index (χ4n) is 5.65. The van der Waals surface area contributed by atoms with Gasteiger partial charge in [0.15, 0.2) is 5.78 Å². The van der Waals surface area contributed by atoms with Crippen LogP contribution in [-0.2, 0) is 9.59 Å². The third kappa shape index (κ3) is 5.82. The molecule has 1 aliphatic heterocycles. The Morgan fingerprint density at radius 2 is 1.73 bits per heavy atom. The van der Waals surface area contributed by atoms with Crippen LogP contribution in [0, 0.1) is 29.9 Å². The van der Waals surface area contributed by atoms with Crippen LogP contribution in [0.15, 0.2) is 54.6 Å². The van der Waals surface area contributed by atoms with E-state index in [4.69, 9.17) is 5.73 Å². The Balaban J connectivity index is 2.00. The number of nitrogens with zero attached hydrogens (tertiary/aromatic N) is 2. The second-order valence-corrected chi connectivity index (χ2v) is 11.4. The summed E-state index contributed by atoms with van der Waals surface area (Å²) in [7, 11) is 0. The van der Waals surface area contributed by atoms with Gasteiger partial charge in [-0.05, 0) is 50.1 Å². The number of likely N-dealkylation sites (tertiary alicyclic amines) is 1. The lowest BCUT2D eigenvalue weighted by atomic mass is 9.76. The van der Waals surface area contributed by atoms with Crippen molar-refractivity contribution in [3.63, 3.8) is 0 Å². The molecular weight excluding hydrogens is 546 g/mol. The number of non-ortho nitro benzene ring substituents is 1. The highest BCUT2D eigenvalue weighted by atomic mass is 32.1. The molecule has 11 nitrogen and oxygen atoms in total.